The van der Waals surface area contributed by atoms with Crippen molar-refractivity contribution in [3.63, 3.8) is 0 Å². The van der Waals surface area contributed by atoms with Crippen LogP contribution >= 0.6 is 0 Å². The summed E-state index contributed by atoms with van der Waals surface area (Å²) >= 11 is 0. The molecule has 0 unspecified atom stereocenters. The Bertz CT molecular complexity index is 2210. The SMILES string of the molecule is CCCCCCCCCC(=O)Oc1cc(OC(=O)CCCCCCCCC)c2c(=O)c(OC(=O)CCCCCCCCC)c(-c3ccc(OC(=O)CCCCCCCCC)c(OC(=O)CCCCCCCCC)c3)oc2c1. The highest BCUT2D eigenvalue weighted by molar-refractivity contribution is 5.92. The minimum Gasteiger partial charge on any atom is -0.452 e. The van der Waals surface area contributed by atoms with Crippen molar-refractivity contribution in [1.82, 2.24) is 0 Å². The van der Waals surface area contributed by atoms with Crippen molar-refractivity contribution in [2.24, 2.45) is 0 Å². The van der Waals surface area contributed by atoms with Gasteiger partial charge >= 0.3 is 29.8 Å². The monoisotopic (exact) mass is 1070 g/mol. The van der Waals surface area contributed by atoms with Gasteiger partial charge in [0.25, 0.3) is 0 Å². The van der Waals surface area contributed by atoms with Gasteiger partial charge in [0.1, 0.15) is 22.5 Å². The van der Waals surface area contributed by atoms with E-state index in [-0.39, 0.29) is 77.4 Å². The summed E-state index contributed by atoms with van der Waals surface area (Å²) in [7, 11) is 0. The van der Waals surface area contributed by atoms with Crippen LogP contribution in [0, 0.1) is 0 Å². The fourth-order valence-electron chi connectivity index (χ4n) is 9.48. The van der Waals surface area contributed by atoms with Gasteiger partial charge in [0.05, 0.1) is 0 Å². The Kier molecular flexibility index (Phi) is 36.2. The minimum absolute atomic E-state index is 0.00477. The van der Waals surface area contributed by atoms with Gasteiger partial charge in [-0.3, -0.25) is 28.8 Å². The Morgan fingerprint density at radius 3 is 1.06 bits per heavy atom. The third-order valence-corrected chi connectivity index (χ3v) is 14.1. The number of carbonyl (C=O) groups excluding carboxylic acids is 5. The minimum atomic E-state index is -0.795. The van der Waals surface area contributed by atoms with Gasteiger partial charge < -0.3 is 28.1 Å². The fraction of sp³-hybridized carbons (Fsp3) is 0.692. The summed E-state index contributed by atoms with van der Waals surface area (Å²) in [4.78, 5) is 82.5. The van der Waals surface area contributed by atoms with Crippen LogP contribution in [-0.4, -0.2) is 29.8 Å². The molecule has 0 amide bonds. The van der Waals surface area contributed by atoms with E-state index in [2.05, 4.69) is 34.6 Å². The highest BCUT2D eigenvalue weighted by atomic mass is 16.6. The van der Waals surface area contributed by atoms with E-state index in [4.69, 9.17) is 28.1 Å². The van der Waals surface area contributed by atoms with Crippen LogP contribution in [0.1, 0.15) is 291 Å². The molecule has 3 rings (SSSR count). The van der Waals surface area contributed by atoms with E-state index in [1.807, 2.05) is 0 Å². The number of esters is 5. The maximum Gasteiger partial charge on any atom is 0.311 e. The summed E-state index contributed by atoms with van der Waals surface area (Å²) in [5.74, 6) is -3.60. The molecule has 0 aliphatic rings. The maximum atomic E-state index is 15.0. The zero-order valence-corrected chi connectivity index (χ0v) is 48.6. The van der Waals surface area contributed by atoms with Crippen molar-refractivity contribution in [3.8, 4) is 40.1 Å². The number of hydrogen-bond donors (Lipinski definition) is 0. The summed E-state index contributed by atoms with van der Waals surface area (Å²) in [5, 5.41) is -0.176. The Balaban J connectivity index is 2.12. The lowest BCUT2D eigenvalue weighted by molar-refractivity contribution is -0.137. The third-order valence-electron chi connectivity index (χ3n) is 14.1. The number of hydrogen-bond acceptors (Lipinski definition) is 12. The molecule has 432 valence electrons. The van der Waals surface area contributed by atoms with Gasteiger partial charge in [0.2, 0.25) is 11.2 Å². The summed E-state index contributed by atoms with van der Waals surface area (Å²) in [6.07, 6.45) is 35.8. The number of carbonyl (C=O) groups is 5. The van der Waals surface area contributed by atoms with Crippen LogP contribution in [0.4, 0.5) is 0 Å². The molecule has 77 heavy (non-hydrogen) atoms. The Labute approximate surface area is 463 Å². The molecule has 0 atom stereocenters. The van der Waals surface area contributed by atoms with Gasteiger partial charge in [-0.25, -0.2) is 0 Å². The van der Waals surface area contributed by atoms with Crippen LogP contribution in [-0.2, 0) is 24.0 Å². The van der Waals surface area contributed by atoms with Crippen molar-refractivity contribution < 1.29 is 52.1 Å². The highest BCUT2D eigenvalue weighted by Gasteiger charge is 2.27. The molecular formula is C65H100O12. The van der Waals surface area contributed by atoms with Crippen molar-refractivity contribution >= 4 is 40.8 Å². The normalized spacial score (nSPS) is 11.2. The number of fused-ring (bicyclic) bond motifs is 1. The Hall–Kier alpha value is -5.00. The summed E-state index contributed by atoms with van der Waals surface area (Å²) in [6, 6.07) is 7.18. The molecule has 0 aliphatic heterocycles. The van der Waals surface area contributed by atoms with E-state index >= 15 is 4.79 Å². The van der Waals surface area contributed by atoms with Crippen LogP contribution in [0.3, 0.4) is 0 Å². The van der Waals surface area contributed by atoms with Crippen LogP contribution in [0.5, 0.6) is 28.7 Å². The standard InChI is InChI=1S/C65H100O12/c1-6-11-16-21-26-31-36-41-57(66)72-52-49-55(75-60(69)44-39-34-29-24-19-14-9-4)62-56(50-52)76-64(65(63(62)71)77-61(70)45-40-35-30-25-20-15-10-5)51-46-47-53(73-58(67)42-37-32-27-22-17-12-7-2)54(48-51)74-59(68)43-38-33-28-23-18-13-8-3/h46-50H,6-45H2,1-5H3. The fourth-order valence-corrected chi connectivity index (χ4v) is 9.48. The molecule has 12 nitrogen and oxygen atoms in total. The zero-order valence-electron chi connectivity index (χ0n) is 48.6. The topological polar surface area (TPSA) is 162 Å². The van der Waals surface area contributed by atoms with Crippen LogP contribution in [0.15, 0.2) is 39.5 Å². The zero-order chi connectivity index (χ0) is 55.7. The quantitative estimate of drug-likeness (QED) is 0.0299. The molecule has 2 aromatic carbocycles. The maximum absolute atomic E-state index is 15.0. The van der Waals surface area contributed by atoms with Gasteiger partial charge in [0, 0.05) is 49.8 Å². The van der Waals surface area contributed by atoms with Crippen LogP contribution in [0.2, 0.25) is 0 Å². The molecule has 0 aliphatic carbocycles. The van der Waals surface area contributed by atoms with Crippen LogP contribution < -0.4 is 29.1 Å². The van der Waals surface area contributed by atoms with Gasteiger partial charge in [-0.05, 0) is 50.3 Å². The molecule has 0 N–H and O–H groups in total. The molecule has 0 fully saturated rings. The predicted molar refractivity (Wildman–Crippen MR) is 309 cm³/mol. The van der Waals surface area contributed by atoms with E-state index in [0.717, 1.165) is 161 Å². The van der Waals surface area contributed by atoms with E-state index < -0.39 is 41.0 Å². The highest BCUT2D eigenvalue weighted by Crippen LogP contribution is 2.40. The second-order valence-corrected chi connectivity index (χ2v) is 21.3. The first kappa shape index (κ1) is 66.3. The molecule has 1 aromatic heterocycles. The first-order valence-electron chi connectivity index (χ1n) is 30.9. The average molecular weight is 1070 g/mol. The van der Waals surface area contributed by atoms with Crippen molar-refractivity contribution in [2.45, 2.75) is 291 Å². The first-order chi connectivity index (χ1) is 37.5. The molecule has 0 spiro atoms. The number of unbranched alkanes of at least 4 members (excludes halogenated alkanes) is 30. The van der Waals surface area contributed by atoms with E-state index in [0.29, 0.717) is 32.1 Å². The molecule has 3 aromatic rings. The Morgan fingerprint density at radius 1 is 0.351 bits per heavy atom. The van der Waals surface area contributed by atoms with Gasteiger partial charge in [-0.1, -0.05) is 227 Å². The smallest absolute Gasteiger partial charge is 0.311 e. The number of rotatable bonds is 46. The molecule has 0 bridgehead atoms. The summed E-state index contributed by atoms with van der Waals surface area (Å²) in [5.41, 5.74) is -0.719. The molecule has 12 heteroatoms. The van der Waals surface area contributed by atoms with Crippen molar-refractivity contribution in [3.05, 3.63) is 40.6 Å². The van der Waals surface area contributed by atoms with E-state index in [1.54, 1.807) is 0 Å². The Morgan fingerprint density at radius 2 is 0.675 bits per heavy atom. The molecule has 1 heterocycles. The predicted octanol–water partition coefficient (Wildman–Crippen LogP) is 18.7. The van der Waals surface area contributed by atoms with Crippen LogP contribution in [0.25, 0.3) is 22.3 Å². The second kappa shape index (κ2) is 42.0. The van der Waals surface area contributed by atoms with E-state index in [9.17, 15) is 24.0 Å². The molecular weight excluding hydrogens is 973 g/mol. The molecule has 0 saturated heterocycles. The van der Waals surface area contributed by atoms with Gasteiger partial charge in [0.15, 0.2) is 17.3 Å². The molecule has 0 saturated carbocycles. The van der Waals surface area contributed by atoms with E-state index in [1.165, 1.54) is 62.4 Å². The molecule has 0 radical (unpaired) electrons. The summed E-state index contributed by atoms with van der Waals surface area (Å²) in [6.45, 7) is 10.9. The average Bonchev–Trinajstić information content (AvgIpc) is 3.42. The number of ether oxygens (including phenoxy) is 5. The lowest BCUT2D eigenvalue weighted by atomic mass is 10.1. The lowest BCUT2D eigenvalue weighted by Gasteiger charge is -2.16. The summed E-state index contributed by atoms with van der Waals surface area (Å²) < 4.78 is 36.2. The second-order valence-electron chi connectivity index (χ2n) is 21.3. The van der Waals surface area contributed by atoms with Crippen molar-refractivity contribution in [1.29, 1.82) is 0 Å². The van der Waals surface area contributed by atoms with Gasteiger partial charge in [-0.2, -0.15) is 0 Å². The van der Waals surface area contributed by atoms with Crippen molar-refractivity contribution in [2.75, 3.05) is 0 Å². The lowest BCUT2D eigenvalue weighted by Crippen LogP contribution is -2.18. The largest absolute Gasteiger partial charge is 0.452 e. The number of benzene rings is 2. The third kappa shape index (κ3) is 28.5. The first-order valence-corrected chi connectivity index (χ1v) is 30.9. The van der Waals surface area contributed by atoms with Gasteiger partial charge in [-0.15, -0.1) is 0 Å².